The summed E-state index contributed by atoms with van der Waals surface area (Å²) in [6.45, 7) is 3.63. The Morgan fingerprint density at radius 1 is 1.77 bits per heavy atom. The first-order valence-electron chi connectivity index (χ1n) is 4.24. The summed E-state index contributed by atoms with van der Waals surface area (Å²) in [5.74, 6) is 1.30. The number of methoxy groups -OCH3 is 1. The summed E-state index contributed by atoms with van der Waals surface area (Å²) in [6, 6.07) is -0.487. The molecular formula is C9H17NO2S. The maximum absolute atomic E-state index is 10.9. The molecule has 0 heterocycles. The SMILES string of the molecule is C=CCCCSC[C@H](N)C(=O)OC. The maximum atomic E-state index is 10.9. The van der Waals surface area contributed by atoms with Gasteiger partial charge in [-0.25, -0.2) is 0 Å². The Bertz CT molecular complexity index is 162. The van der Waals surface area contributed by atoms with E-state index in [1.54, 1.807) is 11.8 Å². The predicted octanol–water partition coefficient (Wildman–Crippen LogP) is 1.19. The van der Waals surface area contributed by atoms with Gasteiger partial charge in [0.2, 0.25) is 0 Å². The van der Waals surface area contributed by atoms with Gasteiger partial charge >= 0.3 is 5.97 Å². The normalized spacial score (nSPS) is 12.2. The van der Waals surface area contributed by atoms with Gasteiger partial charge in [0, 0.05) is 5.75 Å². The molecule has 0 spiro atoms. The summed E-state index contributed by atoms with van der Waals surface area (Å²) in [5.41, 5.74) is 5.53. The van der Waals surface area contributed by atoms with E-state index >= 15 is 0 Å². The van der Waals surface area contributed by atoms with Crippen LogP contribution in [0.3, 0.4) is 0 Å². The van der Waals surface area contributed by atoms with Crippen LogP contribution in [0.2, 0.25) is 0 Å². The molecule has 0 amide bonds. The number of hydrogen-bond acceptors (Lipinski definition) is 4. The third-order valence-electron chi connectivity index (χ3n) is 1.50. The lowest BCUT2D eigenvalue weighted by Gasteiger charge is -2.07. The van der Waals surface area contributed by atoms with Crippen LogP contribution in [0.5, 0.6) is 0 Å². The molecule has 0 saturated heterocycles. The minimum atomic E-state index is -0.487. The number of nitrogens with two attached hydrogens (primary N) is 1. The van der Waals surface area contributed by atoms with Crippen LogP contribution < -0.4 is 5.73 Å². The smallest absolute Gasteiger partial charge is 0.323 e. The van der Waals surface area contributed by atoms with Crippen molar-refractivity contribution in [3.63, 3.8) is 0 Å². The first-order chi connectivity index (χ1) is 6.22. The standard InChI is InChI=1S/C9H17NO2S/c1-3-4-5-6-13-7-8(10)9(11)12-2/h3,8H,1,4-7,10H2,2H3/t8-/m0/s1. The second kappa shape index (κ2) is 8.13. The number of esters is 1. The minimum absolute atomic E-state index is 0.337. The number of allylic oxidation sites excluding steroid dienone is 1. The highest BCUT2D eigenvalue weighted by Crippen LogP contribution is 2.06. The molecule has 0 bridgehead atoms. The number of unbranched alkanes of at least 4 members (excludes halogenated alkanes) is 1. The van der Waals surface area contributed by atoms with Crippen LogP contribution in [0, 0.1) is 0 Å². The molecule has 4 heteroatoms. The topological polar surface area (TPSA) is 52.3 Å². The number of rotatable bonds is 7. The molecule has 0 fully saturated rings. The maximum Gasteiger partial charge on any atom is 0.323 e. The van der Waals surface area contributed by atoms with E-state index in [0.717, 1.165) is 18.6 Å². The molecule has 0 rings (SSSR count). The molecule has 76 valence electrons. The molecule has 3 nitrogen and oxygen atoms in total. The van der Waals surface area contributed by atoms with E-state index in [1.807, 2.05) is 6.08 Å². The van der Waals surface area contributed by atoms with Crippen LogP contribution in [0.1, 0.15) is 12.8 Å². The van der Waals surface area contributed by atoms with Gasteiger partial charge in [0.05, 0.1) is 7.11 Å². The second-order valence-electron chi connectivity index (χ2n) is 2.64. The van der Waals surface area contributed by atoms with Gasteiger partial charge in [-0.3, -0.25) is 4.79 Å². The molecule has 2 N–H and O–H groups in total. The number of thioether (sulfide) groups is 1. The third-order valence-corrected chi connectivity index (χ3v) is 2.67. The monoisotopic (exact) mass is 203 g/mol. The Balaban J connectivity index is 3.31. The number of hydrogen-bond donors (Lipinski definition) is 1. The number of carbonyl (C=O) groups excluding carboxylic acids is 1. The van der Waals surface area contributed by atoms with Gasteiger partial charge in [-0.1, -0.05) is 6.08 Å². The fourth-order valence-electron chi connectivity index (χ4n) is 0.759. The van der Waals surface area contributed by atoms with Gasteiger partial charge in [-0.2, -0.15) is 11.8 Å². The Labute approximate surface area is 83.7 Å². The summed E-state index contributed by atoms with van der Waals surface area (Å²) in [6.07, 6.45) is 3.99. The molecule has 0 unspecified atom stereocenters. The molecule has 0 aromatic carbocycles. The molecule has 0 aromatic heterocycles. The van der Waals surface area contributed by atoms with Gasteiger partial charge in [0.15, 0.2) is 0 Å². The zero-order valence-electron chi connectivity index (χ0n) is 7.99. The zero-order chi connectivity index (χ0) is 10.1. The number of carbonyl (C=O) groups is 1. The van der Waals surface area contributed by atoms with Crippen molar-refractivity contribution in [1.29, 1.82) is 0 Å². The van der Waals surface area contributed by atoms with Gasteiger partial charge in [-0.15, -0.1) is 6.58 Å². The highest BCUT2D eigenvalue weighted by atomic mass is 32.2. The van der Waals surface area contributed by atoms with Crippen molar-refractivity contribution in [2.24, 2.45) is 5.73 Å². The van der Waals surface area contributed by atoms with Crippen molar-refractivity contribution < 1.29 is 9.53 Å². The average molecular weight is 203 g/mol. The lowest BCUT2D eigenvalue weighted by Crippen LogP contribution is -2.33. The van der Waals surface area contributed by atoms with Crippen molar-refractivity contribution in [3.8, 4) is 0 Å². The summed E-state index contributed by atoms with van der Waals surface area (Å²) >= 11 is 1.67. The molecule has 0 aliphatic heterocycles. The van der Waals surface area contributed by atoms with E-state index in [4.69, 9.17) is 5.73 Å². The lowest BCUT2D eigenvalue weighted by molar-refractivity contribution is -0.141. The molecule has 13 heavy (non-hydrogen) atoms. The zero-order valence-corrected chi connectivity index (χ0v) is 8.81. The summed E-state index contributed by atoms with van der Waals surface area (Å²) in [4.78, 5) is 10.9. The fraction of sp³-hybridized carbons (Fsp3) is 0.667. The van der Waals surface area contributed by atoms with Gasteiger partial charge < -0.3 is 10.5 Å². The van der Waals surface area contributed by atoms with Gasteiger partial charge in [-0.05, 0) is 18.6 Å². The van der Waals surface area contributed by atoms with Crippen molar-refractivity contribution in [1.82, 2.24) is 0 Å². The van der Waals surface area contributed by atoms with Crippen LogP contribution in [-0.2, 0) is 9.53 Å². The van der Waals surface area contributed by atoms with Crippen LogP contribution >= 0.6 is 11.8 Å². The van der Waals surface area contributed by atoms with E-state index in [0.29, 0.717) is 5.75 Å². The predicted molar refractivity (Wildman–Crippen MR) is 56.7 cm³/mol. The summed E-state index contributed by atoms with van der Waals surface area (Å²) in [5, 5.41) is 0. The van der Waals surface area contributed by atoms with E-state index in [9.17, 15) is 4.79 Å². The van der Waals surface area contributed by atoms with E-state index in [1.165, 1.54) is 7.11 Å². The first kappa shape index (κ1) is 12.5. The Morgan fingerprint density at radius 3 is 3.00 bits per heavy atom. The second-order valence-corrected chi connectivity index (χ2v) is 3.79. The highest BCUT2D eigenvalue weighted by Gasteiger charge is 2.12. The average Bonchev–Trinajstić information content (AvgIpc) is 2.16. The van der Waals surface area contributed by atoms with Crippen LogP contribution in [0.4, 0.5) is 0 Å². The summed E-state index contributed by atoms with van der Waals surface area (Å²) in [7, 11) is 1.35. The molecule has 0 aliphatic carbocycles. The first-order valence-corrected chi connectivity index (χ1v) is 5.40. The van der Waals surface area contributed by atoms with Crippen molar-refractivity contribution in [2.45, 2.75) is 18.9 Å². The molecule has 0 aliphatic rings. The molecule has 0 saturated carbocycles. The Morgan fingerprint density at radius 2 is 2.46 bits per heavy atom. The largest absolute Gasteiger partial charge is 0.468 e. The van der Waals surface area contributed by atoms with E-state index < -0.39 is 6.04 Å². The van der Waals surface area contributed by atoms with Crippen molar-refractivity contribution in [2.75, 3.05) is 18.6 Å². The van der Waals surface area contributed by atoms with Gasteiger partial charge in [0.1, 0.15) is 6.04 Å². The third kappa shape index (κ3) is 6.66. The van der Waals surface area contributed by atoms with Crippen LogP contribution in [0.25, 0.3) is 0 Å². The summed E-state index contributed by atoms with van der Waals surface area (Å²) < 4.78 is 4.50. The van der Waals surface area contributed by atoms with Crippen LogP contribution in [0.15, 0.2) is 12.7 Å². The van der Waals surface area contributed by atoms with Crippen LogP contribution in [-0.4, -0.2) is 30.6 Å². The number of ether oxygens (including phenoxy) is 1. The lowest BCUT2D eigenvalue weighted by atomic mass is 10.3. The Kier molecular flexibility index (Phi) is 7.83. The molecule has 1 atom stereocenters. The highest BCUT2D eigenvalue weighted by molar-refractivity contribution is 7.99. The molecule has 0 radical (unpaired) electrons. The quantitative estimate of drug-likeness (QED) is 0.383. The van der Waals surface area contributed by atoms with E-state index in [-0.39, 0.29) is 5.97 Å². The molecule has 0 aromatic rings. The van der Waals surface area contributed by atoms with Gasteiger partial charge in [0.25, 0.3) is 0 Å². The van der Waals surface area contributed by atoms with Crippen molar-refractivity contribution >= 4 is 17.7 Å². The van der Waals surface area contributed by atoms with E-state index in [2.05, 4.69) is 11.3 Å². The minimum Gasteiger partial charge on any atom is -0.468 e. The van der Waals surface area contributed by atoms with Crippen molar-refractivity contribution in [3.05, 3.63) is 12.7 Å². The molecular weight excluding hydrogens is 186 g/mol. The Hall–Kier alpha value is -0.480. The fourth-order valence-corrected chi connectivity index (χ4v) is 1.69.